The quantitative estimate of drug-likeness (QED) is 0.227. The second-order valence-corrected chi connectivity index (χ2v) is 4.44. The predicted octanol–water partition coefficient (Wildman–Crippen LogP) is -2.46. The maximum atomic E-state index is 11.7. The Bertz CT molecular complexity index is 390. The summed E-state index contributed by atoms with van der Waals surface area (Å²) in [5.41, 5.74) is 5.11. The molecule has 0 aliphatic heterocycles. The maximum Gasteiger partial charge on any atom is 0.240 e. The van der Waals surface area contributed by atoms with E-state index in [9.17, 15) is 19.2 Å². The first-order chi connectivity index (χ1) is 9.35. The summed E-state index contributed by atoms with van der Waals surface area (Å²) in [5.74, 6) is -2.17. The van der Waals surface area contributed by atoms with Gasteiger partial charge in [-0.1, -0.05) is 0 Å². The van der Waals surface area contributed by atoms with E-state index in [2.05, 4.69) is 19.5 Å². The molecule has 0 saturated carbocycles. The van der Waals surface area contributed by atoms with Gasteiger partial charge in [-0.25, -0.2) is 0 Å². The van der Waals surface area contributed by atoms with Crippen LogP contribution in [0.1, 0.15) is 12.8 Å². The van der Waals surface area contributed by atoms with Crippen LogP contribution in [0.5, 0.6) is 0 Å². The Labute approximate surface area is 130 Å². The Hall–Kier alpha value is -1.43. The largest absolute Gasteiger partial charge is 0.368 e. The summed E-state index contributed by atoms with van der Waals surface area (Å²) in [4.78, 5) is 45.5. The molecule has 0 fully saturated rings. The second-order valence-electron chi connectivity index (χ2n) is 3.90. The predicted molar refractivity (Wildman–Crippen MR) is 79.4 cm³/mol. The smallest absolute Gasteiger partial charge is 0.240 e. The summed E-state index contributed by atoms with van der Waals surface area (Å²) in [6.07, 6.45) is -0.431. The summed E-state index contributed by atoms with van der Waals surface area (Å²) in [6, 6.07) is -1.84. The lowest BCUT2D eigenvalue weighted by Crippen LogP contribution is -2.50. The molecule has 6 N–H and O–H groups in total. The van der Waals surface area contributed by atoms with E-state index in [0.29, 0.717) is 0 Å². The molecule has 0 aliphatic rings. The zero-order valence-electron chi connectivity index (χ0n) is 11.2. The van der Waals surface area contributed by atoms with Gasteiger partial charge >= 0.3 is 0 Å². The molecule has 20 heavy (non-hydrogen) atoms. The Balaban J connectivity index is 4.56. The topological polar surface area (TPSA) is 142 Å². The zero-order chi connectivity index (χ0) is 15.7. The summed E-state index contributed by atoms with van der Waals surface area (Å²) in [7, 11) is 2.98. The fourth-order valence-electron chi connectivity index (χ4n) is 1.39. The lowest BCUT2D eigenvalue weighted by atomic mass is 10.1. The van der Waals surface area contributed by atoms with E-state index in [1.165, 1.54) is 14.1 Å². The molecule has 0 saturated heterocycles. The van der Waals surface area contributed by atoms with Crippen molar-refractivity contribution in [1.82, 2.24) is 19.5 Å². The molecule has 2 atom stereocenters. The second kappa shape index (κ2) is 9.47. The number of nitrogens with one attached hydrogen (secondary N) is 4. The minimum atomic E-state index is -1.11. The van der Waals surface area contributed by atoms with Crippen molar-refractivity contribution in [3.05, 3.63) is 0 Å². The van der Waals surface area contributed by atoms with Gasteiger partial charge in [0.05, 0.1) is 41.7 Å². The van der Waals surface area contributed by atoms with Gasteiger partial charge in [-0.2, -0.15) is 0 Å². The van der Waals surface area contributed by atoms with Gasteiger partial charge in [0, 0.05) is 7.05 Å². The average Bonchev–Trinajstić information content (AvgIpc) is 2.42. The normalized spacial score (nSPS) is 12.9. The monoisotopic (exact) mass is 399 g/mol. The SMILES string of the molecule is CNC(=O)C(CC(=O)NC(CC(=O)NI)C(N)=O)NC. The molecular weight excluding hydrogens is 381 g/mol. The molecule has 0 aromatic carbocycles. The van der Waals surface area contributed by atoms with Crippen LogP contribution in [-0.2, 0) is 19.2 Å². The highest BCUT2D eigenvalue weighted by atomic mass is 127. The number of hydrogen-bond acceptors (Lipinski definition) is 5. The zero-order valence-corrected chi connectivity index (χ0v) is 13.3. The molecule has 0 aromatic heterocycles. The third-order valence-electron chi connectivity index (χ3n) is 2.47. The number of carbonyl (C=O) groups excluding carboxylic acids is 4. The van der Waals surface area contributed by atoms with Crippen LogP contribution in [0.25, 0.3) is 0 Å². The van der Waals surface area contributed by atoms with Crippen LogP contribution in [-0.4, -0.2) is 49.8 Å². The summed E-state index contributed by atoms with van der Waals surface area (Å²) >= 11 is 1.62. The first kappa shape index (κ1) is 18.6. The average molecular weight is 399 g/mol. The molecule has 10 heteroatoms. The number of nitrogens with two attached hydrogens (primary N) is 1. The van der Waals surface area contributed by atoms with Gasteiger partial charge < -0.3 is 21.7 Å². The standard InChI is InChI=1S/C10H18IN5O4/c1-13-6(10(20)14-2)4-7(17)15-5(9(12)19)3-8(18)16-11/h5-6,13H,3-4H2,1-2H3,(H2,12,19)(H,14,20)(H,15,17)(H,16,18). The molecule has 0 radical (unpaired) electrons. The first-order valence-corrected chi connectivity index (χ1v) is 6.80. The Morgan fingerprint density at radius 2 is 1.60 bits per heavy atom. The number of carbonyl (C=O) groups is 4. The van der Waals surface area contributed by atoms with Crippen LogP contribution in [0.3, 0.4) is 0 Å². The molecule has 2 unspecified atom stereocenters. The summed E-state index contributed by atoms with van der Waals surface area (Å²) in [6.45, 7) is 0. The van der Waals surface area contributed by atoms with E-state index < -0.39 is 29.8 Å². The Morgan fingerprint density at radius 1 is 1.05 bits per heavy atom. The summed E-state index contributed by atoms with van der Waals surface area (Å²) < 4.78 is 2.30. The van der Waals surface area contributed by atoms with E-state index in [0.717, 1.165) is 0 Å². The van der Waals surface area contributed by atoms with Crippen LogP contribution < -0.4 is 25.2 Å². The third-order valence-corrected chi connectivity index (χ3v) is 3.08. The van der Waals surface area contributed by atoms with Crippen LogP contribution in [0.15, 0.2) is 0 Å². The molecular formula is C10H18IN5O4. The van der Waals surface area contributed by atoms with Crippen molar-refractivity contribution in [2.45, 2.75) is 24.9 Å². The number of halogens is 1. The van der Waals surface area contributed by atoms with E-state index >= 15 is 0 Å². The van der Waals surface area contributed by atoms with Crippen LogP contribution in [0.4, 0.5) is 0 Å². The van der Waals surface area contributed by atoms with Crippen molar-refractivity contribution in [1.29, 1.82) is 0 Å². The number of hydrogen-bond donors (Lipinski definition) is 5. The number of rotatable bonds is 8. The van der Waals surface area contributed by atoms with Gasteiger partial charge in [-0.15, -0.1) is 0 Å². The molecule has 0 heterocycles. The fraction of sp³-hybridized carbons (Fsp3) is 0.600. The lowest BCUT2D eigenvalue weighted by molar-refractivity contribution is -0.131. The van der Waals surface area contributed by atoms with Gasteiger partial charge in [0.25, 0.3) is 0 Å². The van der Waals surface area contributed by atoms with Crippen LogP contribution >= 0.6 is 22.9 Å². The third kappa shape index (κ3) is 6.65. The van der Waals surface area contributed by atoms with Gasteiger partial charge in [0.15, 0.2) is 0 Å². The minimum Gasteiger partial charge on any atom is -0.368 e. The highest BCUT2D eigenvalue weighted by molar-refractivity contribution is 14.1. The summed E-state index contributed by atoms with van der Waals surface area (Å²) in [5, 5.41) is 7.40. The Morgan fingerprint density at radius 3 is 2.00 bits per heavy atom. The van der Waals surface area contributed by atoms with Crippen molar-refractivity contribution in [2.24, 2.45) is 5.73 Å². The first-order valence-electron chi connectivity index (χ1n) is 5.72. The molecule has 0 bridgehead atoms. The molecule has 4 amide bonds. The number of amides is 4. The minimum absolute atomic E-state index is 0.175. The van der Waals surface area contributed by atoms with Gasteiger partial charge in [0.2, 0.25) is 23.6 Å². The highest BCUT2D eigenvalue weighted by Gasteiger charge is 2.24. The van der Waals surface area contributed by atoms with Crippen molar-refractivity contribution in [3.8, 4) is 0 Å². The number of likely N-dealkylation sites (N-methyl/N-ethyl adjacent to an activating group) is 2. The van der Waals surface area contributed by atoms with Gasteiger partial charge in [-0.05, 0) is 7.05 Å². The van der Waals surface area contributed by atoms with Gasteiger partial charge in [-0.3, -0.25) is 22.7 Å². The van der Waals surface area contributed by atoms with E-state index in [1.54, 1.807) is 22.9 Å². The molecule has 0 aliphatic carbocycles. The van der Waals surface area contributed by atoms with E-state index in [1.807, 2.05) is 0 Å². The van der Waals surface area contributed by atoms with Crippen molar-refractivity contribution < 1.29 is 19.2 Å². The maximum absolute atomic E-state index is 11.7. The van der Waals surface area contributed by atoms with Crippen LogP contribution in [0, 0.1) is 0 Å². The molecule has 114 valence electrons. The van der Waals surface area contributed by atoms with Crippen molar-refractivity contribution in [2.75, 3.05) is 14.1 Å². The fourth-order valence-corrected chi connectivity index (χ4v) is 1.61. The van der Waals surface area contributed by atoms with Gasteiger partial charge in [0.1, 0.15) is 6.04 Å². The lowest BCUT2D eigenvalue weighted by Gasteiger charge is -2.17. The van der Waals surface area contributed by atoms with E-state index in [-0.39, 0.29) is 18.7 Å². The van der Waals surface area contributed by atoms with Crippen molar-refractivity contribution >= 4 is 46.5 Å². The molecule has 0 spiro atoms. The number of primary amides is 1. The molecule has 0 aromatic rings. The van der Waals surface area contributed by atoms with Crippen molar-refractivity contribution in [3.63, 3.8) is 0 Å². The van der Waals surface area contributed by atoms with Crippen LogP contribution in [0.2, 0.25) is 0 Å². The highest BCUT2D eigenvalue weighted by Crippen LogP contribution is 1.97. The van der Waals surface area contributed by atoms with E-state index in [4.69, 9.17) is 5.73 Å². The molecule has 9 nitrogen and oxygen atoms in total. The Kier molecular flexibility index (Phi) is 8.79. The molecule has 0 rings (SSSR count).